The summed E-state index contributed by atoms with van der Waals surface area (Å²) in [5, 5.41) is 18.6. The Morgan fingerprint density at radius 3 is 3.00 bits per heavy atom. The van der Waals surface area contributed by atoms with E-state index in [1.54, 1.807) is 0 Å². The van der Waals surface area contributed by atoms with Gasteiger partial charge in [0.1, 0.15) is 0 Å². The van der Waals surface area contributed by atoms with E-state index >= 15 is 0 Å². The molecule has 2 unspecified atom stereocenters. The molecule has 2 atom stereocenters. The number of anilines is 1. The van der Waals surface area contributed by atoms with Crippen LogP contribution >= 0.6 is 0 Å². The van der Waals surface area contributed by atoms with Crippen LogP contribution in [0.2, 0.25) is 0 Å². The number of hydrogen-bond acceptors (Lipinski definition) is 6. The van der Waals surface area contributed by atoms with Crippen molar-refractivity contribution >= 4 is 11.7 Å². The summed E-state index contributed by atoms with van der Waals surface area (Å²) in [7, 11) is 0. The van der Waals surface area contributed by atoms with Crippen molar-refractivity contribution in [3.63, 3.8) is 0 Å². The highest BCUT2D eigenvalue weighted by molar-refractivity contribution is 5.96. The van der Waals surface area contributed by atoms with Crippen molar-refractivity contribution in [2.24, 2.45) is 5.92 Å². The van der Waals surface area contributed by atoms with Gasteiger partial charge in [-0.1, -0.05) is 6.42 Å². The van der Waals surface area contributed by atoms with Crippen LogP contribution in [0.4, 0.5) is 5.82 Å². The van der Waals surface area contributed by atoms with Crippen LogP contribution in [-0.4, -0.2) is 34.0 Å². The molecule has 0 radical (unpaired) electrons. The second kappa shape index (κ2) is 4.48. The zero-order valence-electron chi connectivity index (χ0n) is 8.72. The minimum atomic E-state index is -0.399. The molecule has 16 heavy (non-hydrogen) atoms. The molecular formula is C9H14N4O3. The summed E-state index contributed by atoms with van der Waals surface area (Å²) < 4.78 is 4.35. The highest BCUT2D eigenvalue weighted by Gasteiger charge is 2.29. The van der Waals surface area contributed by atoms with Crippen molar-refractivity contribution in [3.8, 4) is 0 Å². The van der Waals surface area contributed by atoms with Crippen molar-refractivity contribution in [1.82, 2.24) is 15.6 Å². The largest absolute Gasteiger partial charge is 0.396 e. The normalized spacial score (nSPS) is 24.6. The summed E-state index contributed by atoms with van der Waals surface area (Å²) in [4.78, 5) is 11.7. The summed E-state index contributed by atoms with van der Waals surface area (Å²) in [5.74, 6) is -0.301. The number of nitrogens with one attached hydrogen (secondary N) is 1. The molecule has 4 N–H and O–H groups in total. The lowest BCUT2D eigenvalue weighted by Gasteiger charge is -2.17. The molecule has 1 amide bonds. The van der Waals surface area contributed by atoms with Gasteiger partial charge in [-0.3, -0.25) is 4.79 Å². The topological polar surface area (TPSA) is 114 Å². The number of amides is 1. The zero-order chi connectivity index (χ0) is 11.5. The number of carbonyl (C=O) groups is 1. The molecule has 7 heteroatoms. The van der Waals surface area contributed by atoms with Gasteiger partial charge in [0, 0.05) is 18.6 Å². The van der Waals surface area contributed by atoms with Gasteiger partial charge in [-0.25, -0.2) is 4.63 Å². The van der Waals surface area contributed by atoms with Gasteiger partial charge >= 0.3 is 0 Å². The second-order valence-electron chi connectivity index (χ2n) is 3.95. The average Bonchev–Trinajstić information content (AvgIpc) is 2.86. The van der Waals surface area contributed by atoms with E-state index in [1.807, 2.05) is 0 Å². The fourth-order valence-electron chi connectivity index (χ4n) is 2.04. The predicted molar refractivity (Wildman–Crippen MR) is 54.4 cm³/mol. The van der Waals surface area contributed by atoms with E-state index in [4.69, 9.17) is 10.8 Å². The second-order valence-corrected chi connectivity index (χ2v) is 3.95. The molecule has 7 nitrogen and oxygen atoms in total. The van der Waals surface area contributed by atoms with Crippen LogP contribution in [0.25, 0.3) is 0 Å². The Hall–Kier alpha value is -1.63. The van der Waals surface area contributed by atoms with E-state index in [1.165, 1.54) is 0 Å². The first kappa shape index (κ1) is 10.9. The summed E-state index contributed by atoms with van der Waals surface area (Å²) in [5.41, 5.74) is 5.41. The van der Waals surface area contributed by atoms with E-state index in [0.29, 0.717) is 0 Å². The Balaban J connectivity index is 2.00. The Kier molecular flexibility index (Phi) is 3.04. The molecule has 0 aromatic carbocycles. The van der Waals surface area contributed by atoms with Crippen LogP contribution in [0.5, 0.6) is 0 Å². The van der Waals surface area contributed by atoms with Crippen molar-refractivity contribution in [2.45, 2.75) is 25.3 Å². The molecule has 1 aliphatic rings. The van der Waals surface area contributed by atoms with E-state index in [2.05, 4.69) is 20.3 Å². The maximum absolute atomic E-state index is 11.7. The third kappa shape index (κ3) is 1.99. The van der Waals surface area contributed by atoms with Crippen molar-refractivity contribution in [1.29, 1.82) is 0 Å². The first-order chi connectivity index (χ1) is 7.72. The molecule has 1 aromatic heterocycles. The highest BCUT2D eigenvalue weighted by Crippen LogP contribution is 2.25. The van der Waals surface area contributed by atoms with Crippen LogP contribution in [0.15, 0.2) is 4.63 Å². The van der Waals surface area contributed by atoms with Gasteiger partial charge < -0.3 is 16.2 Å². The number of aliphatic hydroxyl groups is 1. The third-order valence-electron chi connectivity index (χ3n) is 2.94. The summed E-state index contributed by atoms with van der Waals surface area (Å²) >= 11 is 0. The molecule has 1 fully saturated rings. The smallest absolute Gasteiger partial charge is 0.277 e. The molecule has 1 aliphatic carbocycles. The summed E-state index contributed by atoms with van der Waals surface area (Å²) in [6.45, 7) is 0.0808. The highest BCUT2D eigenvalue weighted by atomic mass is 16.6. The minimum absolute atomic E-state index is 0.00332. The van der Waals surface area contributed by atoms with Crippen LogP contribution in [0, 0.1) is 5.92 Å². The van der Waals surface area contributed by atoms with Crippen LogP contribution in [0.3, 0.4) is 0 Å². The number of nitrogens with zero attached hydrogens (tertiary/aromatic N) is 2. The number of nitrogens with two attached hydrogens (primary N) is 1. The number of carbonyl (C=O) groups excluding carboxylic acids is 1. The maximum atomic E-state index is 11.7. The predicted octanol–water partition coefficient (Wildman–Crippen LogP) is -0.457. The average molecular weight is 226 g/mol. The number of hydrogen-bond donors (Lipinski definition) is 3. The molecule has 0 spiro atoms. The van der Waals surface area contributed by atoms with Gasteiger partial charge in [0.25, 0.3) is 5.91 Å². The van der Waals surface area contributed by atoms with Gasteiger partial charge in [-0.15, -0.1) is 0 Å². The van der Waals surface area contributed by atoms with Gasteiger partial charge in [0.15, 0.2) is 0 Å². The number of rotatable bonds is 3. The van der Waals surface area contributed by atoms with Crippen LogP contribution in [0.1, 0.15) is 29.8 Å². The maximum Gasteiger partial charge on any atom is 0.277 e. The van der Waals surface area contributed by atoms with Crippen LogP contribution in [-0.2, 0) is 0 Å². The molecule has 1 saturated carbocycles. The molecule has 1 aromatic rings. The Morgan fingerprint density at radius 1 is 1.56 bits per heavy atom. The molecule has 1 heterocycles. The van der Waals surface area contributed by atoms with Crippen LogP contribution < -0.4 is 11.1 Å². The monoisotopic (exact) mass is 226 g/mol. The third-order valence-corrected chi connectivity index (χ3v) is 2.94. The lowest BCUT2D eigenvalue weighted by atomic mass is 10.1. The zero-order valence-corrected chi connectivity index (χ0v) is 8.72. The number of aliphatic hydroxyl groups excluding tert-OH is 1. The summed E-state index contributed by atoms with van der Waals surface area (Å²) in [6, 6.07) is -0.0198. The van der Waals surface area contributed by atoms with Gasteiger partial charge in [0.05, 0.1) is 0 Å². The SMILES string of the molecule is Nc1nonc1C(=O)NC1CCCC1CO. The minimum Gasteiger partial charge on any atom is -0.396 e. The molecule has 2 rings (SSSR count). The first-order valence-corrected chi connectivity index (χ1v) is 5.22. The van der Waals surface area contributed by atoms with Gasteiger partial charge in [0.2, 0.25) is 11.5 Å². The molecular weight excluding hydrogens is 212 g/mol. The standard InChI is InChI=1S/C9H14N4O3/c10-8-7(12-16-13-8)9(15)11-6-3-1-2-5(6)4-14/h5-6,14H,1-4H2,(H2,10,13)(H,11,15). The Bertz CT molecular complexity index is 379. The Morgan fingerprint density at radius 2 is 2.38 bits per heavy atom. The lowest BCUT2D eigenvalue weighted by Crippen LogP contribution is -2.38. The molecule has 0 bridgehead atoms. The number of aromatic nitrogens is 2. The van der Waals surface area contributed by atoms with Gasteiger partial charge in [-0.2, -0.15) is 0 Å². The van der Waals surface area contributed by atoms with Gasteiger partial charge in [-0.05, 0) is 23.2 Å². The van der Waals surface area contributed by atoms with Crippen molar-refractivity contribution < 1.29 is 14.5 Å². The molecule has 88 valence electrons. The molecule has 0 aliphatic heterocycles. The fraction of sp³-hybridized carbons (Fsp3) is 0.667. The first-order valence-electron chi connectivity index (χ1n) is 5.22. The summed E-state index contributed by atoms with van der Waals surface area (Å²) in [6.07, 6.45) is 2.79. The fourth-order valence-corrected chi connectivity index (χ4v) is 2.04. The van der Waals surface area contributed by atoms with E-state index in [9.17, 15) is 4.79 Å². The number of nitrogen functional groups attached to an aromatic ring is 1. The van der Waals surface area contributed by atoms with Crippen molar-refractivity contribution in [2.75, 3.05) is 12.3 Å². The van der Waals surface area contributed by atoms with E-state index < -0.39 is 5.91 Å². The van der Waals surface area contributed by atoms with Crippen molar-refractivity contribution in [3.05, 3.63) is 5.69 Å². The molecule has 0 saturated heterocycles. The van der Waals surface area contributed by atoms with E-state index in [-0.39, 0.29) is 30.1 Å². The Labute approximate surface area is 92.0 Å². The quantitative estimate of drug-likeness (QED) is 0.642. The van der Waals surface area contributed by atoms with E-state index in [0.717, 1.165) is 19.3 Å². The lowest BCUT2D eigenvalue weighted by molar-refractivity contribution is 0.0906.